The summed E-state index contributed by atoms with van der Waals surface area (Å²) in [6, 6.07) is 5.22. The van der Waals surface area contributed by atoms with Gasteiger partial charge in [0.1, 0.15) is 6.26 Å². The molecule has 3 heterocycles. The standard InChI is InChI=1S/C17H24N6O3.HI/c1-18-17(20-6-5-19-16(24)15-3-2-11-25-15)23-9-7-22(8-10-23)13-14-4-12-26-21-14;/h2-4,11-12H,5-10,13H2,1H3,(H,18,20)(H,19,24);1H. The van der Waals surface area contributed by atoms with Crippen LogP contribution in [-0.4, -0.2) is 73.1 Å². The molecule has 1 fully saturated rings. The van der Waals surface area contributed by atoms with Crippen molar-refractivity contribution in [3.8, 4) is 0 Å². The average molecular weight is 488 g/mol. The smallest absolute Gasteiger partial charge is 0.287 e. The molecule has 0 unspecified atom stereocenters. The van der Waals surface area contributed by atoms with Gasteiger partial charge in [0.15, 0.2) is 11.7 Å². The highest BCUT2D eigenvalue weighted by atomic mass is 127. The molecule has 0 spiro atoms. The number of hydrogen-bond acceptors (Lipinski definition) is 6. The van der Waals surface area contributed by atoms with Crippen LogP contribution in [0.15, 0.2) is 44.7 Å². The lowest BCUT2D eigenvalue weighted by Crippen LogP contribution is -2.53. The highest BCUT2D eigenvalue weighted by Gasteiger charge is 2.20. The van der Waals surface area contributed by atoms with E-state index in [1.54, 1.807) is 25.4 Å². The Balaban J connectivity index is 0.00000261. The Hall–Kier alpha value is -2.08. The van der Waals surface area contributed by atoms with Crippen LogP contribution in [0.4, 0.5) is 0 Å². The number of amides is 1. The van der Waals surface area contributed by atoms with Gasteiger partial charge in [-0.1, -0.05) is 5.16 Å². The van der Waals surface area contributed by atoms with E-state index < -0.39 is 0 Å². The number of guanidine groups is 1. The van der Waals surface area contributed by atoms with Crippen molar-refractivity contribution < 1.29 is 13.7 Å². The molecular weight excluding hydrogens is 463 g/mol. The summed E-state index contributed by atoms with van der Waals surface area (Å²) in [4.78, 5) is 20.7. The predicted octanol–water partition coefficient (Wildman–Crippen LogP) is 1.01. The topological polar surface area (TPSA) is 99.1 Å². The number of nitrogens with zero attached hydrogens (tertiary/aromatic N) is 4. The zero-order valence-corrected chi connectivity index (χ0v) is 17.6. The Morgan fingerprint density at radius 1 is 1.19 bits per heavy atom. The number of halogens is 1. The summed E-state index contributed by atoms with van der Waals surface area (Å²) in [5, 5.41) is 10.0. The third kappa shape index (κ3) is 6.24. The number of carbonyl (C=O) groups is 1. The summed E-state index contributed by atoms with van der Waals surface area (Å²) >= 11 is 0. The van der Waals surface area contributed by atoms with E-state index in [0.29, 0.717) is 18.8 Å². The number of aromatic nitrogens is 1. The monoisotopic (exact) mass is 488 g/mol. The molecule has 2 aromatic rings. The van der Waals surface area contributed by atoms with Crippen molar-refractivity contribution in [2.75, 3.05) is 46.3 Å². The van der Waals surface area contributed by atoms with Crippen LogP contribution >= 0.6 is 24.0 Å². The van der Waals surface area contributed by atoms with Crippen molar-refractivity contribution in [2.45, 2.75) is 6.54 Å². The second-order valence-corrected chi connectivity index (χ2v) is 5.96. The Morgan fingerprint density at radius 3 is 2.59 bits per heavy atom. The maximum atomic E-state index is 11.8. The van der Waals surface area contributed by atoms with Crippen LogP contribution in [-0.2, 0) is 6.54 Å². The summed E-state index contributed by atoms with van der Waals surface area (Å²) in [5.74, 6) is 0.948. The Bertz CT molecular complexity index is 696. The molecule has 148 valence electrons. The molecule has 0 bridgehead atoms. The minimum absolute atomic E-state index is 0. The molecule has 1 saturated heterocycles. The van der Waals surface area contributed by atoms with E-state index in [1.165, 1.54) is 6.26 Å². The quantitative estimate of drug-likeness (QED) is 0.271. The Kier molecular flexibility index (Phi) is 8.58. The molecule has 9 nitrogen and oxygen atoms in total. The minimum atomic E-state index is -0.215. The van der Waals surface area contributed by atoms with E-state index in [1.807, 2.05) is 6.07 Å². The number of carbonyl (C=O) groups excluding carboxylic acids is 1. The lowest BCUT2D eigenvalue weighted by Gasteiger charge is -2.36. The van der Waals surface area contributed by atoms with Crippen LogP contribution in [0, 0.1) is 0 Å². The molecule has 3 rings (SSSR count). The minimum Gasteiger partial charge on any atom is -0.459 e. The van der Waals surface area contributed by atoms with Gasteiger partial charge in [-0.15, -0.1) is 24.0 Å². The van der Waals surface area contributed by atoms with Crippen molar-refractivity contribution in [1.82, 2.24) is 25.6 Å². The van der Waals surface area contributed by atoms with Gasteiger partial charge >= 0.3 is 0 Å². The second kappa shape index (κ2) is 10.9. The van der Waals surface area contributed by atoms with Crippen molar-refractivity contribution in [1.29, 1.82) is 0 Å². The molecule has 0 saturated carbocycles. The van der Waals surface area contributed by atoms with E-state index in [-0.39, 0.29) is 29.9 Å². The fourth-order valence-corrected chi connectivity index (χ4v) is 2.84. The van der Waals surface area contributed by atoms with Gasteiger partial charge < -0.3 is 24.5 Å². The molecule has 2 N–H and O–H groups in total. The molecule has 10 heteroatoms. The SMILES string of the molecule is CN=C(NCCNC(=O)c1ccco1)N1CCN(Cc2ccon2)CC1.I. The summed E-state index contributed by atoms with van der Waals surface area (Å²) in [6.45, 7) is 5.52. The van der Waals surface area contributed by atoms with Gasteiger partial charge in [-0.05, 0) is 12.1 Å². The number of piperazine rings is 1. The van der Waals surface area contributed by atoms with E-state index in [2.05, 4.69) is 30.6 Å². The zero-order chi connectivity index (χ0) is 18.2. The van der Waals surface area contributed by atoms with Crippen molar-refractivity contribution in [3.05, 3.63) is 42.2 Å². The molecule has 0 aromatic carbocycles. The van der Waals surface area contributed by atoms with Crippen molar-refractivity contribution >= 4 is 35.8 Å². The first-order valence-corrected chi connectivity index (χ1v) is 8.65. The maximum absolute atomic E-state index is 11.8. The average Bonchev–Trinajstić information content (AvgIpc) is 3.36. The molecule has 0 atom stereocenters. The van der Waals surface area contributed by atoms with E-state index in [4.69, 9.17) is 8.94 Å². The third-order valence-electron chi connectivity index (χ3n) is 4.20. The fraction of sp³-hybridized carbons (Fsp3) is 0.471. The Morgan fingerprint density at radius 2 is 1.96 bits per heavy atom. The number of furan rings is 1. The number of hydrogen-bond donors (Lipinski definition) is 2. The molecule has 27 heavy (non-hydrogen) atoms. The van der Waals surface area contributed by atoms with Gasteiger partial charge in [0, 0.05) is 58.9 Å². The largest absolute Gasteiger partial charge is 0.459 e. The highest BCUT2D eigenvalue weighted by molar-refractivity contribution is 14.0. The number of aliphatic imine (C=N–C) groups is 1. The maximum Gasteiger partial charge on any atom is 0.287 e. The first-order chi connectivity index (χ1) is 12.8. The van der Waals surface area contributed by atoms with Crippen molar-refractivity contribution in [2.24, 2.45) is 4.99 Å². The normalized spacial score (nSPS) is 15.3. The molecule has 1 aliphatic heterocycles. The molecule has 1 aliphatic rings. The van der Waals surface area contributed by atoms with Gasteiger partial charge in [0.05, 0.1) is 12.0 Å². The van der Waals surface area contributed by atoms with Gasteiger partial charge in [0.2, 0.25) is 0 Å². The van der Waals surface area contributed by atoms with Gasteiger partial charge in [-0.2, -0.15) is 0 Å². The third-order valence-corrected chi connectivity index (χ3v) is 4.20. The first kappa shape index (κ1) is 21.2. The molecule has 0 radical (unpaired) electrons. The summed E-state index contributed by atoms with van der Waals surface area (Å²) < 4.78 is 9.93. The van der Waals surface area contributed by atoms with Crippen LogP contribution in [0.25, 0.3) is 0 Å². The molecule has 0 aliphatic carbocycles. The lowest BCUT2D eigenvalue weighted by atomic mass is 10.3. The van der Waals surface area contributed by atoms with Crippen LogP contribution < -0.4 is 10.6 Å². The molecule has 2 aromatic heterocycles. The highest BCUT2D eigenvalue weighted by Crippen LogP contribution is 2.07. The Labute approximate surface area is 175 Å². The van der Waals surface area contributed by atoms with Crippen LogP contribution in [0.2, 0.25) is 0 Å². The predicted molar refractivity (Wildman–Crippen MR) is 111 cm³/mol. The molecule has 1 amide bonds. The number of rotatable bonds is 6. The number of nitrogens with one attached hydrogen (secondary N) is 2. The van der Waals surface area contributed by atoms with E-state index in [0.717, 1.165) is 44.4 Å². The van der Waals surface area contributed by atoms with Crippen LogP contribution in [0.1, 0.15) is 16.2 Å². The van der Waals surface area contributed by atoms with Gasteiger partial charge in [-0.3, -0.25) is 14.7 Å². The molecular formula is C17H25IN6O3. The summed E-state index contributed by atoms with van der Waals surface area (Å²) in [6.07, 6.45) is 3.08. The lowest BCUT2D eigenvalue weighted by molar-refractivity contribution is 0.0926. The van der Waals surface area contributed by atoms with Crippen LogP contribution in [0.3, 0.4) is 0 Å². The second-order valence-electron chi connectivity index (χ2n) is 5.96. The van der Waals surface area contributed by atoms with Gasteiger partial charge in [-0.25, -0.2) is 0 Å². The van der Waals surface area contributed by atoms with Gasteiger partial charge in [0.25, 0.3) is 5.91 Å². The van der Waals surface area contributed by atoms with E-state index in [9.17, 15) is 4.79 Å². The summed E-state index contributed by atoms with van der Waals surface area (Å²) in [5.41, 5.74) is 0.952. The van der Waals surface area contributed by atoms with Crippen molar-refractivity contribution in [3.63, 3.8) is 0 Å². The van der Waals surface area contributed by atoms with Crippen LogP contribution in [0.5, 0.6) is 0 Å². The van der Waals surface area contributed by atoms with E-state index >= 15 is 0 Å². The summed E-state index contributed by atoms with van der Waals surface area (Å²) in [7, 11) is 1.77. The first-order valence-electron chi connectivity index (χ1n) is 8.65. The fourth-order valence-electron chi connectivity index (χ4n) is 2.84. The zero-order valence-electron chi connectivity index (χ0n) is 15.3.